The lowest BCUT2D eigenvalue weighted by atomic mass is 10.2. The van der Waals surface area contributed by atoms with Crippen molar-refractivity contribution >= 4 is 28.2 Å². The van der Waals surface area contributed by atoms with Crippen LogP contribution in [0.2, 0.25) is 0 Å². The zero-order valence-electron chi connectivity index (χ0n) is 11.0. The normalized spacial score (nSPS) is 19.3. The first-order chi connectivity index (χ1) is 8.00. The number of hydrogen-bond acceptors (Lipinski definition) is 4. The van der Waals surface area contributed by atoms with Crippen LogP contribution in [-0.4, -0.2) is 56.4 Å². The fraction of sp³-hybridized carbons (Fsp3) is 0.909. The van der Waals surface area contributed by atoms with E-state index < -0.39 is 9.84 Å². The monoisotopic (exact) mass is 298 g/mol. The Balaban J connectivity index is 0.00000289. The van der Waals surface area contributed by atoms with Gasteiger partial charge in [0.25, 0.3) is 0 Å². The maximum Gasteiger partial charge on any atom is 0.238 e. The van der Waals surface area contributed by atoms with Gasteiger partial charge in [-0.2, -0.15) is 0 Å². The zero-order valence-corrected chi connectivity index (χ0v) is 12.6. The van der Waals surface area contributed by atoms with Crippen LogP contribution in [0.1, 0.15) is 26.7 Å². The van der Waals surface area contributed by atoms with E-state index in [-0.39, 0.29) is 35.9 Å². The molecule has 1 atom stereocenters. The Morgan fingerprint density at radius 3 is 2.50 bits per heavy atom. The lowest BCUT2D eigenvalue weighted by Gasteiger charge is -2.28. The first-order valence-electron chi connectivity index (χ1n) is 6.20. The van der Waals surface area contributed by atoms with E-state index in [1.165, 1.54) is 0 Å². The molecular weight excluding hydrogens is 276 g/mol. The summed E-state index contributed by atoms with van der Waals surface area (Å²) in [5.74, 6) is -0.566. The summed E-state index contributed by atoms with van der Waals surface area (Å²) in [5.41, 5.74) is 0. The van der Waals surface area contributed by atoms with E-state index in [4.69, 9.17) is 0 Å². The minimum Gasteiger partial charge on any atom is -0.338 e. The highest BCUT2D eigenvalue weighted by Gasteiger charge is 2.28. The van der Waals surface area contributed by atoms with Gasteiger partial charge in [-0.1, -0.05) is 13.8 Å². The maximum atomic E-state index is 12.0. The number of hydrogen-bond donors (Lipinski definition) is 1. The number of nitrogens with one attached hydrogen (secondary N) is 1. The SMILES string of the molecule is CCCN(C(=O)CS(=O)(=O)CC)C1CCNC1.Cl. The second-order valence-corrected chi connectivity index (χ2v) is 6.76. The number of rotatable bonds is 6. The van der Waals surface area contributed by atoms with E-state index in [9.17, 15) is 13.2 Å². The Kier molecular flexibility index (Phi) is 7.82. The van der Waals surface area contributed by atoms with Gasteiger partial charge in [0.05, 0.1) is 0 Å². The highest BCUT2D eigenvalue weighted by atomic mass is 35.5. The Morgan fingerprint density at radius 1 is 1.39 bits per heavy atom. The predicted molar refractivity (Wildman–Crippen MR) is 74.9 cm³/mol. The van der Waals surface area contributed by atoms with Crippen LogP contribution in [-0.2, 0) is 14.6 Å². The summed E-state index contributed by atoms with van der Waals surface area (Å²) >= 11 is 0. The number of halogens is 1. The van der Waals surface area contributed by atoms with Gasteiger partial charge < -0.3 is 10.2 Å². The van der Waals surface area contributed by atoms with Crippen molar-refractivity contribution in [3.05, 3.63) is 0 Å². The summed E-state index contributed by atoms with van der Waals surface area (Å²) in [6, 6.07) is 0.162. The lowest BCUT2D eigenvalue weighted by Crippen LogP contribution is -2.44. The summed E-state index contributed by atoms with van der Waals surface area (Å²) in [6.45, 7) is 5.89. The van der Waals surface area contributed by atoms with Gasteiger partial charge in [0, 0.05) is 24.9 Å². The molecule has 0 radical (unpaired) electrons. The molecule has 5 nitrogen and oxygen atoms in total. The maximum absolute atomic E-state index is 12.0. The third-order valence-electron chi connectivity index (χ3n) is 3.04. The lowest BCUT2D eigenvalue weighted by molar-refractivity contribution is -0.130. The average molecular weight is 299 g/mol. The van der Waals surface area contributed by atoms with Gasteiger partial charge in [0.2, 0.25) is 5.91 Å². The topological polar surface area (TPSA) is 66.5 Å². The molecule has 0 spiro atoms. The van der Waals surface area contributed by atoms with E-state index in [1.54, 1.807) is 11.8 Å². The zero-order chi connectivity index (χ0) is 12.9. The van der Waals surface area contributed by atoms with Gasteiger partial charge in [-0.05, 0) is 19.4 Å². The van der Waals surface area contributed by atoms with Crippen molar-refractivity contribution in [2.45, 2.75) is 32.7 Å². The molecule has 1 rings (SSSR count). The smallest absolute Gasteiger partial charge is 0.238 e. The van der Waals surface area contributed by atoms with Gasteiger partial charge in [-0.15, -0.1) is 12.4 Å². The van der Waals surface area contributed by atoms with Crippen molar-refractivity contribution in [1.29, 1.82) is 0 Å². The summed E-state index contributed by atoms with van der Waals surface area (Å²) in [4.78, 5) is 13.7. The average Bonchev–Trinajstić information content (AvgIpc) is 2.78. The highest BCUT2D eigenvalue weighted by molar-refractivity contribution is 7.92. The van der Waals surface area contributed by atoms with Crippen LogP contribution in [0.25, 0.3) is 0 Å². The van der Waals surface area contributed by atoms with Crippen molar-refractivity contribution in [2.75, 3.05) is 31.1 Å². The highest BCUT2D eigenvalue weighted by Crippen LogP contribution is 2.10. The summed E-state index contributed by atoms with van der Waals surface area (Å²) in [6.07, 6.45) is 1.77. The summed E-state index contributed by atoms with van der Waals surface area (Å²) in [7, 11) is -3.22. The Morgan fingerprint density at radius 2 is 2.06 bits per heavy atom. The molecule has 0 aliphatic carbocycles. The van der Waals surface area contributed by atoms with E-state index in [0.29, 0.717) is 6.54 Å². The van der Waals surface area contributed by atoms with Gasteiger partial charge in [0.15, 0.2) is 9.84 Å². The third kappa shape index (κ3) is 5.12. The largest absolute Gasteiger partial charge is 0.338 e. The molecule has 0 aromatic rings. The molecule has 0 aromatic carbocycles. The summed E-state index contributed by atoms with van der Waals surface area (Å²) < 4.78 is 22.9. The number of amides is 1. The van der Waals surface area contributed by atoms with Gasteiger partial charge in [-0.25, -0.2) is 8.42 Å². The molecule has 1 N–H and O–H groups in total. The molecule has 0 saturated carbocycles. The summed E-state index contributed by atoms with van der Waals surface area (Å²) in [5, 5.41) is 3.20. The predicted octanol–water partition coefficient (Wildman–Crippen LogP) is 0.443. The van der Waals surface area contributed by atoms with E-state index in [2.05, 4.69) is 5.32 Å². The molecule has 1 heterocycles. The van der Waals surface area contributed by atoms with E-state index in [0.717, 1.165) is 25.9 Å². The Hall–Kier alpha value is -0.330. The van der Waals surface area contributed by atoms with Crippen LogP contribution in [0.3, 0.4) is 0 Å². The molecule has 18 heavy (non-hydrogen) atoms. The fourth-order valence-electron chi connectivity index (χ4n) is 2.03. The molecule has 1 saturated heterocycles. The van der Waals surface area contributed by atoms with E-state index in [1.807, 2.05) is 6.92 Å². The van der Waals surface area contributed by atoms with Crippen LogP contribution >= 0.6 is 12.4 Å². The standard InChI is InChI=1S/C11H22N2O3S.ClH/c1-3-7-13(10-5-6-12-8-10)11(14)9-17(15,16)4-2;/h10,12H,3-9H2,1-2H3;1H. The molecule has 1 amide bonds. The van der Waals surface area contributed by atoms with Gasteiger partial charge >= 0.3 is 0 Å². The number of nitrogens with zero attached hydrogens (tertiary/aromatic N) is 1. The molecule has 1 unspecified atom stereocenters. The van der Waals surface area contributed by atoms with Crippen LogP contribution in [0.4, 0.5) is 0 Å². The molecule has 1 fully saturated rings. The van der Waals surface area contributed by atoms with Crippen molar-refractivity contribution in [3.8, 4) is 0 Å². The second kappa shape index (κ2) is 7.96. The van der Waals surface area contributed by atoms with Crippen LogP contribution in [0, 0.1) is 0 Å². The fourth-order valence-corrected chi connectivity index (χ4v) is 2.78. The molecule has 1 aliphatic heterocycles. The number of sulfone groups is 1. The Bertz CT molecular complexity index is 353. The molecule has 1 aliphatic rings. The second-order valence-electron chi connectivity index (χ2n) is 4.41. The van der Waals surface area contributed by atoms with Crippen LogP contribution < -0.4 is 5.32 Å². The number of carbonyl (C=O) groups is 1. The third-order valence-corrected chi connectivity index (χ3v) is 4.61. The van der Waals surface area contributed by atoms with Gasteiger partial charge in [-0.3, -0.25) is 4.79 Å². The minimum atomic E-state index is -3.22. The first kappa shape index (κ1) is 17.7. The quantitative estimate of drug-likeness (QED) is 0.773. The Labute approximate surface area is 116 Å². The molecule has 0 aromatic heterocycles. The van der Waals surface area contributed by atoms with Crippen molar-refractivity contribution in [3.63, 3.8) is 0 Å². The first-order valence-corrected chi connectivity index (χ1v) is 8.03. The minimum absolute atomic E-state index is 0. The van der Waals surface area contributed by atoms with Crippen molar-refractivity contribution < 1.29 is 13.2 Å². The van der Waals surface area contributed by atoms with E-state index >= 15 is 0 Å². The molecule has 108 valence electrons. The van der Waals surface area contributed by atoms with Crippen LogP contribution in [0.5, 0.6) is 0 Å². The van der Waals surface area contributed by atoms with Crippen molar-refractivity contribution in [2.24, 2.45) is 0 Å². The molecule has 7 heteroatoms. The van der Waals surface area contributed by atoms with Gasteiger partial charge in [0.1, 0.15) is 5.75 Å². The molecular formula is C11H23ClN2O3S. The molecule has 0 bridgehead atoms. The van der Waals surface area contributed by atoms with Crippen molar-refractivity contribution in [1.82, 2.24) is 10.2 Å². The van der Waals surface area contributed by atoms with Crippen LogP contribution in [0.15, 0.2) is 0 Å². The number of carbonyl (C=O) groups excluding carboxylic acids is 1.